The van der Waals surface area contributed by atoms with Crippen molar-refractivity contribution in [1.29, 1.82) is 0 Å². The van der Waals surface area contributed by atoms with Crippen molar-refractivity contribution in [2.45, 2.75) is 111 Å². The van der Waals surface area contributed by atoms with Crippen LogP contribution in [0.5, 0.6) is 0 Å². The first kappa shape index (κ1) is 80.2. The summed E-state index contributed by atoms with van der Waals surface area (Å²) >= 11 is 12.8. The van der Waals surface area contributed by atoms with Crippen molar-refractivity contribution in [1.82, 2.24) is 49.7 Å². The van der Waals surface area contributed by atoms with Gasteiger partial charge in [0.15, 0.2) is 6.33 Å². The second kappa shape index (κ2) is 35.9. The van der Waals surface area contributed by atoms with Gasteiger partial charge in [-0.15, -0.1) is 11.3 Å². The standard InChI is InChI=1S/C23H22BrClN4O.2C23H23N3OS.C22H22N4O2/c1-5-29(18-8-9-20(19(24)11-18)28-12-22(25)26-13-28)21-10-17(7-6-14(21)2)23-15(3)27-30-16(23)4;1-5-26(21-10-8-18(9-11-21)20-13-24-28-14-20)22-12-19(7-6-15(22)2)23-16(3)25-27-17(23)4;1-5-26(20-10-8-18(9-11-20)22-13-24-14-28-22)21-12-19(7-6-15(21)2)23-16(3)25-27-17(23)4;1-5-26(19-10-8-17(9-11-19)22-23-13-24-28-22)20-12-18(7-6-14(20)2)21-15(3)25-27-16(21)4/h6-13H,5H2,1-4H3;2*6-14H,5H2,1-4H3;6-13H,5H2,1-4H3. The van der Waals surface area contributed by atoms with Crippen LogP contribution in [-0.2, 0) is 0 Å². The van der Waals surface area contributed by atoms with Gasteiger partial charge in [-0.1, -0.05) is 110 Å². The molecule has 0 saturated carbocycles. The molecule has 19 nitrogen and oxygen atoms in total. The van der Waals surface area contributed by atoms with Crippen LogP contribution in [-0.4, -0.2) is 75.9 Å². The zero-order valence-electron chi connectivity index (χ0n) is 66.8. The van der Waals surface area contributed by atoms with Gasteiger partial charge in [-0.3, -0.25) is 4.98 Å². The molecular weight excluding hydrogens is 1550 g/mol. The maximum absolute atomic E-state index is 5.98. The highest BCUT2D eigenvalue weighted by molar-refractivity contribution is 9.10. The summed E-state index contributed by atoms with van der Waals surface area (Å²) in [6.45, 7) is 36.4. The number of nitrogens with zero attached hydrogens (tertiary/aromatic N) is 14. The molecule has 580 valence electrons. The minimum Gasteiger partial charge on any atom is -0.361 e. The van der Waals surface area contributed by atoms with Crippen LogP contribution in [0.25, 0.3) is 83.2 Å². The summed E-state index contributed by atoms with van der Waals surface area (Å²) in [5.41, 5.74) is 33.9. The van der Waals surface area contributed by atoms with E-state index in [0.717, 1.165) is 161 Å². The summed E-state index contributed by atoms with van der Waals surface area (Å²) in [6, 6.07) is 57.9. The van der Waals surface area contributed by atoms with Gasteiger partial charge in [-0.05, 0) is 285 Å². The lowest BCUT2D eigenvalue weighted by Crippen LogP contribution is -2.17. The molecule has 0 bridgehead atoms. The molecule has 0 spiro atoms. The van der Waals surface area contributed by atoms with Crippen LogP contribution >= 0.6 is 50.4 Å². The number of benzene rings is 8. The molecule has 0 aliphatic carbocycles. The van der Waals surface area contributed by atoms with E-state index in [1.807, 2.05) is 90.0 Å². The van der Waals surface area contributed by atoms with Crippen LogP contribution in [0.1, 0.15) is 95.8 Å². The Hall–Kier alpha value is -11.8. The molecule has 0 amide bonds. The predicted octanol–water partition coefficient (Wildman–Crippen LogP) is 25.6. The number of rotatable bonds is 20. The van der Waals surface area contributed by atoms with Crippen molar-refractivity contribution in [3.8, 4) is 83.2 Å². The Labute approximate surface area is 686 Å². The van der Waals surface area contributed by atoms with E-state index in [2.05, 4.69) is 293 Å². The first-order valence-corrected chi connectivity index (χ1v) is 40.6. The lowest BCUT2D eigenvalue weighted by atomic mass is 10.0. The van der Waals surface area contributed by atoms with Gasteiger partial charge in [-0.25, -0.2) is 9.36 Å². The van der Waals surface area contributed by atoms with Crippen LogP contribution in [0.3, 0.4) is 0 Å². The van der Waals surface area contributed by atoms with Crippen molar-refractivity contribution >= 4 is 95.9 Å². The average molecular weight is 1640 g/mol. The minimum atomic E-state index is 0.466. The highest BCUT2D eigenvalue weighted by Gasteiger charge is 2.23. The zero-order valence-corrected chi connectivity index (χ0v) is 70.8. The second-order valence-corrected chi connectivity index (χ2v) is 30.5. The molecular formula is C91H90BrClN14O5S2. The van der Waals surface area contributed by atoms with Crippen molar-refractivity contribution in [2.24, 2.45) is 0 Å². The predicted molar refractivity (Wildman–Crippen MR) is 466 cm³/mol. The number of anilines is 8. The molecule has 8 aromatic carbocycles. The molecule has 0 N–H and O–H groups in total. The zero-order chi connectivity index (χ0) is 80.4. The monoisotopic (exact) mass is 1640 g/mol. The summed E-state index contributed by atoms with van der Waals surface area (Å²) in [5.74, 6) is 3.88. The van der Waals surface area contributed by atoms with Gasteiger partial charge < -0.3 is 46.8 Å². The van der Waals surface area contributed by atoms with E-state index in [0.29, 0.717) is 11.0 Å². The third-order valence-electron chi connectivity index (χ3n) is 20.3. The molecule has 23 heteroatoms. The van der Waals surface area contributed by atoms with E-state index < -0.39 is 0 Å². The molecule has 8 aromatic heterocycles. The fourth-order valence-electron chi connectivity index (χ4n) is 14.5. The smallest absolute Gasteiger partial charge is 0.257 e. The fraction of sp³-hybridized carbons (Fsp3) is 0.220. The molecule has 0 saturated heterocycles. The molecule has 0 atom stereocenters. The highest BCUT2D eigenvalue weighted by Crippen LogP contribution is 2.42. The summed E-state index contributed by atoms with van der Waals surface area (Å²) in [4.78, 5) is 22.8. The first-order valence-electron chi connectivity index (χ1n) is 37.7. The van der Waals surface area contributed by atoms with Gasteiger partial charge >= 0.3 is 0 Å². The molecule has 0 radical (unpaired) electrons. The summed E-state index contributed by atoms with van der Waals surface area (Å²) in [7, 11) is 0. The summed E-state index contributed by atoms with van der Waals surface area (Å²) in [6.07, 6.45) is 8.72. The van der Waals surface area contributed by atoms with Gasteiger partial charge in [0.1, 0.15) is 34.5 Å². The Morgan fingerprint density at radius 1 is 0.404 bits per heavy atom. The van der Waals surface area contributed by atoms with E-state index in [1.165, 1.54) is 78.9 Å². The second-order valence-electron chi connectivity index (χ2n) is 27.7. The number of imidazole rings is 1. The maximum Gasteiger partial charge on any atom is 0.257 e. The van der Waals surface area contributed by atoms with Crippen molar-refractivity contribution in [3.05, 3.63) is 284 Å². The lowest BCUT2D eigenvalue weighted by molar-refractivity contribution is 0.393. The van der Waals surface area contributed by atoms with Crippen LogP contribution in [0.2, 0.25) is 5.15 Å². The van der Waals surface area contributed by atoms with E-state index in [9.17, 15) is 0 Å². The van der Waals surface area contributed by atoms with Crippen LogP contribution in [0.15, 0.2) is 233 Å². The number of aromatic nitrogens is 10. The van der Waals surface area contributed by atoms with Gasteiger partial charge in [-0.2, -0.15) is 4.98 Å². The molecule has 0 unspecified atom stereocenters. The highest BCUT2D eigenvalue weighted by atomic mass is 79.9. The maximum atomic E-state index is 5.98. The SMILES string of the molecule is CCN(c1ccc(-c2cncs2)cc1)c1cc(-c2c(C)noc2C)ccc1C.CCN(c1ccc(-c2cnsc2)cc1)c1cc(-c2c(C)noc2C)ccc1C.CCN(c1ccc(-c2ncno2)cc1)c1cc(-c2c(C)noc2C)ccc1C.CCN(c1ccc(-n2cnc(Cl)c2)c(Br)c1)c1cc(-c2c(C)noc2C)ccc1C. The lowest BCUT2D eigenvalue weighted by Gasteiger charge is -2.26. The Morgan fingerprint density at radius 2 is 0.781 bits per heavy atom. The number of hydrogen-bond donors (Lipinski definition) is 0. The number of thiazole rings is 1. The van der Waals surface area contributed by atoms with Gasteiger partial charge in [0.05, 0.1) is 38.9 Å². The fourth-order valence-corrected chi connectivity index (χ4v) is 16.4. The van der Waals surface area contributed by atoms with Crippen LogP contribution in [0.4, 0.5) is 45.5 Å². The van der Waals surface area contributed by atoms with Gasteiger partial charge in [0.2, 0.25) is 0 Å². The Morgan fingerprint density at radius 3 is 1.10 bits per heavy atom. The molecule has 0 aliphatic rings. The van der Waals surface area contributed by atoms with Crippen LogP contribution < -0.4 is 19.6 Å². The quantitative estimate of drug-likeness (QED) is 0.0697. The third-order valence-corrected chi connectivity index (χ3v) is 22.5. The molecule has 16 aromatic rings. The molecule has 8 heterocycles. The Balaban J connectivity index is 0.000000133. The number of hydrogen-bond acceptors (Lipinski definition) is 20. The van der Waals surface area contributed by atoms with Crippen molar-refractivity contribution in [2.75, 3.05) is 45.8 Å². The molecule has 114 heavy (non-hydrogen) atoms. The average Bonchev–Trinajstić information content (AvgIpc) is 1.43. The van der Waals surface area contributed by atoms with E-state index in [1.54, 1.807) is 23.9 Å². The minimum absolute atomic E-state index is 0.466. The van der Waals surface area contributed by atoms with Crippen molar-refractivity contribution in [3.63, 3.8) is 0 Å². The number of aryl methyl sites for hydroxylation is 12. The van der Waals surface area contributed by atoms with Gasteiger partial charge in [0.25, 0.3) is 5.89 Å². The Bertz CT molecular complexity index is 5410. The van der Waals surface area contributed by atoms with E-state index in [-0.39, 0.29) is 0 Å². The van der Waals surface area contributed by atoms with E-state index >= 15 is 0 Å². The third kappa shape index (κ3) is 17.5. The summed E-state index contributed by atoms with van der Waals surface area (Å²) in [5, 5.41) is 22.6. The topological polar surface area (TPSA) is 200 Å². The van der Waals surface area contributed by atoms with E-state index in [4.69, 9.17) is 34.2 Å². The molecule has 16 rings (SSSR count). The molecule has 0 fully saturated rings. The largest absolute Gasteiger partial charge is 0.361 e. The van der Waals surface area contributed by atoms with Gasteiger partial charge in [0, 0.05) is 134 Å². The first-order chi connectivity index (χ1) is 55.1. The summed E-state index contributed by atoms with van der Waals surface area (Å²) < 4.78 is 33.7. The van der Waals surface area contributed by atoms with Crippen LogP contribution in [0, 0.1) is 83.1 Å². The van der Waals surface area contributed by atoms with Crippen molar-refractivity contribution < 1.29 is 22.6 Å². The number of halogens is 2. The Kier molecular flexibility index (Phi) is 25.3. The molecule has 0 aliphatic heterocycles. The normalized spacial score (nSPS) is 11.0.